The number of carbonyl (C=O) groups is 1. The van der Waals surface area contributed by atoms with Crippen LogP contribution in [0.25, 0.3) is 10.8 Å². The Bertz CT molecular complexity index is 785. The Labute approximate surface area is 155 Å². The molecule has 4 heteroatoms. The summed E-state index contributed by atoms with van der Waals surface area (Å²) in [4.78, 5) is 17.4. The van der Waals surface area contributed by atoms with Gasteiger partial charge in [0.1, 0.15) is 0 Å². The first-order valence-corrected chi connectivity index (χ1v) is 9.69. The Hall–Kier alpha value is -1.91. The van der Waals surface area contributed by atoms with Gasteiger partial charge in [0.25, 0.3) is 0 Å². The summed E-state index contributed by atoms with van der Waals surface area (Å²) in [7, 11) is 1.70. The lowest BCUT2D eigenvalue weighted by Crippen LogP contribution is -2.38. The smallest absolute Gasteiger partial charge is 0.230 e. The average molecular weight is 352 g/mol. The third kappa shape index (κ3) is 3.24. The molecule has 2 saturated heterocycles. The minimum absolute atomic E-state index is 0.132. The second kappa shape index (κ2) is 7.37. The lowest BCUT2D eigenvalue weighted by molar-refractivity contribution is -0.136. The first kappa shape index (κ1) is 17.5. The van der Waals surface area contributed by atoms with Gasteiger partial charge in [-0.2, -0.15) is 0 Å². The lowest BCUT2D eigenvalue weighted by Gasteiger charge is -2.23. The number of fused-ring (bicyclic) bond motifs is 1. The van der Waals surface area contributed by atoms with E-state index in [4.69, 9.17) is 4.74 Å². The molecule has 1 unspecified atom stereocenters. The first-order chi connectivity index (χ1) is 12.7. The summed E-state index contributed by atoms with van der Waals surface area (Å²) in [6.07, 6.45) is 3.05. The minimum Gasteiger partial charge on any atom is -0.383 e. The first-order valence-electron chi connectivity index (χ1n) is 9.69. The number of benzene rings is 2. The van der Waals surface area contributed by atoms with Gasteiger partial charge in [-0.1, -0.05) is 42.5 Å². The van der Waals surface area contributed by atoms with Crippen LogP contribution in [0.1, 0.15) is 18.4 Å². The van der Waals surface area contributed by atoms with E-state index in [1.54, 1.807) is 7.11 Å². The Kier molecular flexibility index (Phi) is 4.96. The van der Waals surface area contributed by atoms with Crippen molar-refractivity contribution in [3.05, 3.63) is 48.0 Å². The van der Waals surface area contributed by atoms with Crippen LogP contribution in [-0.4, -0.2) is 62.1 Å². The third-order valence-corrected chi connectivity index (χ3v) is 6.18. The molecule has 0 bridgehead atoms. The van der Waals surface area contributed by atoms with Crippen LogP contribution in [0.5, 0.6) is 0 Å². The van der Waals surface area contributed by atoms with Crippen molar-refractivity contribution < 1.29 is 9.53 Å². The van der Waals surface area contributed by atoms with Gasteiger partial charge < -0.3 is 14.5 Å². The molecule has 1 spiro atoms. The molecular weight excluding hydrogens is 324 g/mol. The molecule has 0 radical (unpaired) electrons. The molecule has 1 amide bonds. The van der Waals surface area contributed by atoms with Crippen molar-refractivity contribution in [2.45, 2.75) is 19.3 Å². The fraction of sp³-hybridized carbons (Fsp3) is 0.500. The largest absolute Gasteiger partial charge is 0.383 e. The second-order valence-electron chi connectivity index (χ2n) is 7.73. The molecule has 2 aromatic rings. The van der Waals surface area contributed by atoms with Crippen molar-refractivity contribution in [3.63, 3.8) is 0 Å². The van der Waals surface area contributed by atoms with Crippen LogP contribution in [0.4, 0.5) is 0 Å². The van der Waals surface area contributed by atoms with Crippen molar-refractivity contribution in [2.75, 3.05) is 46.4 Å². The van der Waals surface area contributed by atoms with Gasteiger partial charge in [-0.3, -0.25) is 4.79 Å². The van der Waals surface area contributed by atoms with Crippen molar-refractivity contribution in [1.82, 2.24) is 9.80 Å². The predicted molar refractivity (Wildman–Crippen MR) is 104 cm³/mol. The van der Waals surface area contributed by atoms with E-state index in [1.165, 1.54) is 16.3 Å². The van der Waals surface area contributed by atoms with Crippen LogP contribution in [0.3, 0.4) is 0 Å². The molecule has 0 saturated carbocycles. The van der Waals surface area contributed by atoms with E-state index in [0.717, 1.165) is 52.0 Å². The van der Waals surface area contributed by atoms with Gasteiger partial charge in [0.2, 0.25) is 5.91 Å². The van der Waals surface area contributed by atoms with Crippen molar-refractivity contribution >= 4 is 16.7 Å². The minimum atomic E-state index is -0.132. The van der Waals surface area contributed by atoms with Gasteiger partial charge in [-0.25, -0.2) is 0 Å². The average Bonchev–Trinajstić information content (AvgIpc) is 3.23. The SMILES string of the molecule is COCCN1CCC2(CCN(CCc3cccc4ccccc34)C2)C1=O. The summed E-state index contributed by atoms with van der Waals surface area (Å²) in [5.41, 5.74) is 1.27. The zero-order chi connectivity index (χ0) is 18.0. The van der Waals surface area contributed by atoms with E-state index in [-0.39, 0.29) is 5.41 Å². The number of ether oxygens (including phenoxy) is 1. The molecule has 0 aliphatic carbocycles. The van der Waals surface area contributed by atoms with Crippen LogP contribution in [0.2, 0.25) is 0 Å². The van der Waals surface area contributed by atoms with E-state index in [2.05, 4.69) is 47.4 Å². The van der Waals surface area contributed by atoms with Crippen LogP contribution in [-0.2, 0) is 16.0 Å². The zero-order valence-electron chi connectivity index (χ0n) is 15.6. The van der Waals surface area contributed by atoms with Crippen LogP contribution >= 0.6 is 0 Å². The van der Waals surface area contributed by atoms with Crippen LogP contribution in [0.15, 0.2) is 42.5 Å². The number of nitrogens with zero attached hydrogens (tertiary/aromatic N) is 2. The Balaban J connectivity index is 1.38. The topological polar surface area (TPSA) is 32.8 Å². The Morgan fingerprint density at radius 3 is 2.73 bits per heavy atom. The highest BCUT2D eigenvalue weighted by Crippen LogP contribution is 2.40. The van der Waals surface area contributed by atoms with Gasteiger partial charge in [0, 0.05) is 33.3 Å². The monoisotopic (exact) mass is 352 g/mol. The molecule has 0 aromatic heterocycles. The molecule has 4 nitrogen and oxygen atoms in total. The maximum absolute atomic E-state index is 12.9. The van der Waals surface area contributed by atoms with Crippen molar-refractivity contribution in [3.8, 4) is 0 Å². The molecule has 2 aliphatic rings. The number of hydrogen-bond donors (Lipinski definition) is 0. The number of amides is 1. The maximum Gasteiger partial charge on any atom is 0.230 e. The summed E-state index contributed by atoms with van der Waals surface area (Å²) in [6, 6.07) is 15.2. The highest BCUT2D eigenvalue weighted by Gasteiger charge is 2.50. The highest BCUT2D eigenvalue weighted by atomic mass is 16.5. The molecule has 26 heavy (non-hydrogen) atoms. The Morgan fingerprint density at radius 2 is 1.85 bits per heavy atom. The number of methoxy groups -OCH3 is 1. The van der Waals surface area contributed by atoms with Crippen molar-refractivity contribution in [1.29, 1.82) is 0 Å². The summed E-state index contributed by atoms with van der Waals surface area (Å²) in [5, 5.41) is 2.66. The van der Waals surface area contributed by atoms with Gasteiger partial charge in [0.05, 0.1) is 12.0 Å². The molecular formula is C22H28N2O2. The molecule has 138 valence electrons. The van der Waals surface area contributed by atoms with Gasteiger partial charge in [0.15, 0.2) is 0 Å². The summed E-state index contributed by atoms with van der Waals surface area (Å²) >= 11 is 0. The summed E-state index contributed by atoms with van der Waals surface area (Å²) in [5.74, 6) is 0.349. The molecule has 2 aliphatic heterocycles. The van der Waals surface area contributed by atoms with E-state index in [9.17, 15) is 4.79 Å². The van der Waals surface area contributed by atoms with Gasteiger partial charge in [-0.15, -0.1) is 0 Å². The normalized spacial score (nSPS) is 23.6. The number of carbonyl (C=O) groups excluding carboxylic acids is 1. The Morgan fingerprint density at radius 1 is 1.04 bits per heavy atom. The van der Waals surface area contributed by atoms with E-state index in [0.29, 0.717) is 12.5 Å². The van der Waals surface area contributed by atoms with E-state index >= 15 is 0 Å². The second-order valence-corrected chi connectivity index (χ2v) is 7.73. The fourth-order valence-corrected chi connectivity index (χ4v) is 4.62. The fourth-order valence-electron chi connectivity index (χ4n) is 4.62. The summed E-state index contributed by atoms with van der Waals surface area (Å²) in [6.45, 7) is 5.23. The number of likely N-dealkylation sites (tertiary alicyclic amines) is 2. The molecule has 2 heterocycles. The van der Waals surface area contributed by atoms with Crippen molar-refractivity contribution in [2.24, 2.45) is 5.41 Å². The molecule has 2 fully saturated rings. The van der Waals surface area contributed by atoms with E-state index in [1.807, 2.05) is 4.90 Å². The van der Waals surface area contributed by atoms with Gasteiger partial charge >= 0.3 is 0 Å². The quantitative estimate of drug-likeness (QED) is 0.801. The molecule has 0 N–H and O–H groups in total. The number of hydrogen-bond acceptors (Lipinski definition) is 3. The third-order valence-electron chi connectivity index (χ3n) is 6.18. The van der Waals surface area contributed by atoms with E-state index < -0.39 is 0 Å². The number of rotatable bonds is 6. The predicted octanol–water partition coefficient (Wildman–Crippen LogP) is 2.95. The molecule has 2 aromatic carbocycles. The zero-order valence-corrected chi connectivity index (χ0v) is 15.6. The highest BCUT2D eigenvalue weighted by molar-refractivity contribution is 5.86. The maximum atomic E-state index is 12.9. The van der Waals surface area contributed by atoms with Crippen LogP contribution < -0.4 is 0 Å². The molecule has 1 atom stereocenters. The van der Waals surface area contributed by atoms with Crippen LogP contribution in [0, 0.1) is 5.41 Å². The summed E-state index contributed by atoms with van der Waals surface area (Å²) < 4.78 is 5.14. The standard InChI is InChI=1S/C22H28N2O2/c1-26-16-15-24-14-11-22(21(24)25)10-13-23(17-22)12-9-19-7-4-6-18-5-2-3-8-20(18)19/h2-8H,9-17H2,1H3. The lowest BCUT2D eigenvalue weighted by atomic mass is 9.85. The molecule has 4 rings (SSSR count). The van der Waals surface area contributed by atoms with Gasteiger partial charge in [-0.05, 0) is 42.1 Å².